The van der Waals surface area contributed by atoms with Crippen molar-refractivity contribution in [3.8, 4) is 0 Å². The van der Waals surface area contributed by atoms with E-state index >= 15 is 0 Å². The van der Waals surface area contributed by atoms with E-state index in [1.165, 1.54) is 13.1 Å². The largest absolute Gasteiger partial charge is 0.380 e. The molecule has 9 heteroatoms. The maximum Gasteiger partial charge on any atom is 0.310 e. The number of hydrogen-bond donors (Lipinski definition) is 3. The first-order chi connectivity index (χ1) is 10.4. The number of aliphatic hydroxyl groups is 1. The lowest BCUT2D eigenvalue weighted by Crippen LogP contribution is -2.49. The predicted molar refractivity (Wildman–Crippen MR) is 80.8 cm³/mol. The third-order valence-corrected chi connectivity index (χ3v) is 4.08. The number of pyridine rings is 1. The lowest BCUT2D eigenvalue weighted by Gasteiger charge is -2.35. The van der Waals surface area contributed by atoms with E-state index in [0.29, 0.717) is 18.5 Å². The number of anilines is 1. The summed E-state index contributed by atoms with van der Waals surface area (Å²) in [4.78, 5) is 25.8. The first-order valence-electron chi connectivity index (χ1n) is 6.87. The fourth-order valence-corrected chi connectivity index (χ4v) is 2.76. The number of likely N-dealkylation sites (N-methyl/N-ethyl adjacent to an activating group) is 1. The zero-order valence-corrected chi connectivity index (χ0v) is 12.8. The molecule has 1 heterocycles. The summed E-state index contributed by atoms with van der Waals surface area (Å²) in [7, 11) is 1.48. The van der Waals surface area contributed by atoms with Gasteiger partial charge in [0.05, 0.1) is 4.92 Å². The number of hydrogen-bond acceptors (Lipinski definition) is 6. The predicted octanol–water partition coefficient (Wildman–Crippen LogP) is 1.47. The first-order valence-corrected chi connectivity index (χ1v) is 7.24. The third-order valence-electron chi connectivity index (χ3n) is 3.87. The molecule has 120 valence electrons. The molecule has 0 spiro atoms. The number of carbonyl (C=O) groups is 1. The Labute approximate surface area is 132 Å². The molecule has 0 radical (unpaired) electrons. The van der Waals surface area contributed by atoms with Crippen molar-refractivity contribution in [3.63, 3.8) is 0 Å². The number of halogens is 1. The molecule has 2 rings (SSSR count). The van der Waals surface area contributed by atoms with E-state index in [1.54, 1.807) is 0 Å². The number of rotatable bonds is 4. The van der Waals surface area contributed by atoms with Crippen molar-refractivity contribution in [2.24, 2.45) is 0 Å². The summed E-state index contributed by atoms with van der Waals surface area (Å²) in [6.45, 7) is 0. The molecule has 1 saturated carbocycles. The molecule has 0 bridgehead atoms. The van der Waals surface area contributed by atoms with E-state index in [4.69, 9.17) is 11.6 Å². The maximum atomic E-state index is 11.6. The van der Waals surface area contributed by atoms with Crippen LogP contribution in [0, 0.1) is 10.1 Å². The Morgan fingerprint density at radius 3 is 2.73 bits per heavy atom. The molecule has 3 N–H and O–H groups in total. The van der Waals surface area contributed by atoms with Crippen molar-refractivity contribution in [3.05, 3.63) is 27.5 Å². The standard InChI is InChI=1S/C13H17ClN4O4/c1-15-12(19)13(20)4-2-8(3-5-13)17-9-6-11(14)16-7-10(9)18(21)22/h6-8,20H,2-5H2,1H3,(H,15,19)(H,16,17). The van der Waals surface area contributed by atoms with Gasteiger partial charge in [0.15, 0.2) is 0 Å². The number of nitro groups is 1. The van der Waals surface area contributed by atoms with Gasteiger partial charge < -0.3 is 15.7 Å². The molecule has 8 nitrogen and oxygen atoms in total. The van der Waals surface area contributed by atoms with Gasteiger partial charge in [-0.15, -0.1) is 0 Å². The van der Waals surface area contributed by atoms with E-state index in [-0.39, 0.29) is 29.7 Å². The molecule has 1 aliphatic rings. The van der Waals surface area contributed by atoms with Crippen LogP contribution in [0.3, 0.4) is 0 Å². The van der Waals surface area contributed by atoms with Crippen LogP contribution in [0.5, 0.6) is 0 Å². The summed E-state index contributed by atoms with van der Waals surface area (Å²) in [5.41, 5.74) is -1.23. The van der Waals surface area contributed by atoms with Gasteiger partial charge >= 0.3 is 5.69 Å². The molecule has 0 saturated heterocycles. The maximum absolute atomic E-state index is 11.6. The minimum Gasteiger partial charge on any atom is -0.380 e. The van der Waals surface area contributed by atoms with Crippen LogP contribution in [0.25, 0.3) is 0 Å². The van der Waals surface area contributed by atoms with E-state index in [0.717, 1.165) is 6.20 Å². The van der Waals surface area contributed by atoms with E-state index in [1.807, 2.05) is 0 Å². The number of aromatic nitrogens is 1. The Bertz CT molecular complexity index is 587. The molecule has 1 amide bonds. The average molecular weight is 329 g/mol. The minimum atomic E-state index is -1.37. The van der Waals surface area contributed by atoms with Gasteiger partial charge in [0.2, 0.25) is 0 Å². The highest BCUT2D eigenvalue weighted by molar-refractivity contribution is 6.29. The molecule has 1 aliphatic carbocycles. The van der Waals surface area contributed by atoms with Crippen LogP contribution < -0.4 is 10.6 Å². The molecule has 1 fully saturated rings. The topological polar surface area (TPSA) is 117 Å². The Morgan fingerprint density at radius 1 is 1.55 bits per heavy atom. The van der Waals surface area contributed by atoms with Crippen LogP contribution in [-0.4, -0.2) is 39.6 Å². The number of nitrogens with zero attached hydrogens (tertiary/aromatic N) is 2. The van der Waals surface area contributed by atoms with Crippen LogP contribution in [0.1, 0.15) is 25.7 Å². The number of carbonyl (C=O) groups excluding carboxylic acids is 1. The molecule has 1 aromatic rings. The second-order valence-electron chi connectivity index (χ2n) is 5.31. The highest BCUT2D eigenvalue weighted by Gasteiger charge is 2.39. The fraction of sp³-hybridized carbons (Fsp3) is 0.538. The monoisotopic (exact) mass is 328 g/mol. The number of nitrogens with one attached hydrogen (secondary N) is 2. The normalized spacial score (nSPS) is 24.6. The zero-order chi connectivity index (χ0) is 16.3. The highest BCUT2D eigenvalue weighted by atomic mass is 35.5. The summed E-state index contributed by atoms with van der Waals surface area (Å²) in [5, 5.41) is 26.9. The summed E-state index contributed by atoms with van der Waals surface area (Å²) >= 11 is 5.78. The number of amides is 1. The smallest absolute Gasteiger partial charge is 0.310 e. The highest BCUT2D eigenvalue weighted by Crippen LogP contribution is 2.33. The van der Waals surface area contributed by atoms with E-state index in [9.17, 15) is 20.0 Å². The quantitative estimate of drug-likeness (QED) is 0.438. The van der Waals surface area contributed by atoms with Crippen molar-refractivity contribution in [2.45, 2.75) is 37.3 Å². The fourth-order valence-electron chi connectivity index (χ4n) is 2.60. The van der Waals surface area contributed by atoms with Gasteiger partial charge in [-0.2, -0.15) is 0 Å². The van der Waals surface area contributed by atoms with Crippen molar-refractivity contribution < 1.29 is 14.8 Å². The van der Waals surface area contributed by atoms with Gasteiger partial charge in [-0.3, -0.25) is 14.9 Å². The molecule has 22 heavy (non-hydrogen) atoms. The first kappa shape index (κ1) is 16.4. The van der Waals surface area contributed by atoms with Crippen molar-refractivity contribution in [2.75, 3.05) is 12.4 Å². The molecule has 0 aromatic carbocycles. The van der Waals surface area contributed by atoms with Gasteiger partial charge in [-0.05, 0) is 25.7 Å². The van der Waals surface area contributed by atoms with E-state index < -0.39 is 16.4 Å². The lowest BCUT2D eigenvalue weighted by atomic mass is 9.81. The zero-order valence-electron chi connectivity index (χ0n) is 12.0. The van der Waals surface area contributed by atoms with Gasteiger partial charge in [-0.25, -0.2) is 4.98 Å². The summed E-state index contributed by atoms with van der Waals surface area (Å²) in [6, 6.07) is 1.32. The molecule has 0 aliphatic heterocycles. The molecule has 0 atom stereocenters. The summed E-state index contributed by atoms with van der Waals surface area (Å²) < 4.78 is 0. The van der Waals surface area contributed by atoms with Crippen molar-refractivity contribution in [1.29, 1.82) is 0 Å². The van der Waals surface area contributed by atoms with Gasteiger partial charge in [0.1, 0.15) is 22.6 Å². The second kappa shape index (κ2) is 6.45. The van der Waals surface area contributed by atoms with Crippen LogP contribution in [0.15, 0.2) is 12.3 Å². The van der Waals surface area contributed by atoms with Crippen LogP contribution >= 0.6 is 11.6 Å². The lowest BCUT2D eigenvalue weighted by molar-refractivity contribution is -0.384. The second-order valence-corrected chi connectivity index (χ2v) is 5.70. The van der Waals surface area contributed by atoms with E-state index in [2.05, 4.69) is 15.6 Å². The van der Waals surface area contributed by atoms with Gasteiger partial charge in [0, 0.05) is 19.2 Å². The van der Waals surface area contributed by atoms with Crippen LogP contribution in [0.2, 0.25) is 5.15 Å². The SMILES string of the molecule is CNC(=O)C1(O)CCC(Nc2cc(Cl)ncc2[N+](=O)[O-])CC1. The molecular weight excluding hydrogens is 312 g/mol. The Kier molecular flexibility index (Phi) is 4.82. The molecule has 1 aromatic heterocycles. The van der Waals surface area contributed by atoms with Crippen LogP contribution in [0.4, 0.5) is 11.4 Å². The van der Waals surface area contributed by atoms with Crippen molar-refractivity contribution in [1.82, 2.24) is 10.3 Å². The van der Waals surface area contributed by atoms with Crippen molar-refractivity contribution >= 4 is 28.9 Å². The van der Waals surface area contributed by atoms with Gasteiger partial charge in [-0.1, -0.05) is 11.6 Å². The summed E-state index contributed by atoms with van der Waals surface area (Å²) in [5.74, 6) is -0.399. The summed E-state index contributed by atoms with van der Waals surface area (Å²) in [6.07, 6.45) is 2.71. The average Bonchev–Trinajstić information content (AvgIpc) is 2.48. The van der Waals surface area contributed by atoms with Crippen LogP contribution in [-0.2, 0) is 4.79 Å². The molecule has 0 unspecified atom stereocenters. The minimum absolute atomic E-state index is 0.0814. The Balaban J connectivity index is 2.07. The Morgan fingerprint density at radius 2 is 2.18 bits per heavy atom. The third kappa shape index (κ3) is 3.45. The Hall–Kier alpha value is -1.93. The molecular formula is C13H17ClN4O4. The van der Waals surface area contributed by atoms with Gasteiger partial charge in [0.25, 0.3) is 5.91 Å².